The summed E-state index contributed by atoms with van der Waals surface area (Å²) in [6, 6.07) is 0. The van der Waals surface area contributed by atoms with Gasteiger partial charge in [-0.2, -0.15) is 0 Å². The first-order valence-electron chi connectivity index (χ1n) is 7.03. The molecule has 1 aliphatic rings. The van der Waals surface area contributed by atoms with Crippen molar-refractivity contribution in [3.8, 4) is 0 Å². The number of hydrogen-bond acceptors (Lipinski definition) is 5. The van der Waals surface area contributed by atoms with Gasteiger partial charge in [0, 0.05) is 0 Å². The quantitative estimate of drug-likeness (QED) is 0.563. The monoisotopic (exact) mass is 291 g/mol. The van der Waals surface area contributed by atoms with Crippen molar-refractivity contribution in [2.75, 3.05) is 18.1 Å². The molecule has 0 bridgehead atoms. The zero-order chi connectivity index (χ0) is 14.3. The van der Waals surface area contributed by atoms with Gasteiger partial charge in [0.1, 0.15) is 11.9 Å². The van der Waals surface area contributed by atoms with Crippen LogP contribution in [-0.4, -0.2) is 38.5 Å². The maximum absolute atomic E-state index is 11.7. The second-order valence-electron chi connectivity index (χ2n) is 5.46. The summed E-state index contributed by atoms with van der Waals surface area (Å²) in [5.41, 5.74) is 5.31. The number of sulfone groups is 1. The van der Waals surface area contributed by atoms with Gasteiger partial charge in [0.05, 0.1) is 5.75 Å². The van der Waals surface area contributed by atoms with E-state index < -0.39 is 21.6 Å². The minimum absolute atomic E-state index is 0.0149. The van der Waals surface area contributed by atoms with Crippen LogP contribution in [0.1, 0.15) is 45.4 Å². The van der Waals surface area contributed by atoms with Crippen molar-refractivity contribution in [2.45, 2.75) is 51.6 Å². The van der Waals surface area contributed by atoms with Crippen molar-refractivity contribution in [3.05, 3.63) is 0 Å². The van der Waals surface area contributed by atoms with Gasteiger partial charge in [0.2, 0.25) is 0 Å². The Labute approximate surface area is 115 Å². The van der Waals surface area contributed by atoms with Crippen LogP contribution >= 0.6 is 0 Å². The van der Waals surface area contributed by atoms with Gasteiger partial charge in [-0.3, -0.25) is 4.79 Å². The summed E-state index contributed by atoms with van der Waals surface area (Å²) in [5, 5.41) is 0. The average molecular weight is 291 g/mol. The van der Waals surface area contributed by atoms with Crippen LogP contribution in [0.15, 0.2) is 0 Å². The van der Waals surface area contributed by atoms with E-state index >= 15 is 0 Å². The lowest BCUT2D eigenvalue weighted by molar-refractivity contribution is -0.147. The Morgan fingerprint density at radius 1 is 1.21 bits per heavy atom. The minimum atomic E-state index is -3.34. The summed E-state index contributed by atoms with van der Waals surface area (Å²) in [7, 11) is -3.34. The number of carbonyl (C=O) groups is 1. The Bertz CT molecular complexity index is 372. The lowest BCUT2D eigenvalue weighted by Crippen LogP contribution is -2.28. The number of carbonyl (C=O) groups excluding carboxylic acids is 1. The van der Waals surface area contributed by atoms with Crippen molar-refractivity contribution in [1.82, 2.24) is 0 Å². The van der Waals surface area contributed by atoms with Gasteiger partial charge in [0.15, 0.2) is 9.84 Å². The molecule has 6 heteroatoms. The topological polar surface area (TPSA) is 86.5 Å². The third-order valence-corrected chi connectivity index (χ3v) is 5.09. The molecule has 0 heterocycles. The molecule has 2 N–H and O–H groups in total. The lowest BCUT2D eigenvalue weighted by Gasteiger charge is -2.25. The Hall–Kier alpha value is -0.620. The van der Waals surface area contributed by atoms with E-state index in [2.05, 4.69) is 6.92 Å². The molecule has 0 aromatic heterocycles. The normalized spacial score (nSPS) is 24.1. The third kappa shape index (κ3) is 6.92. The number of unbranched alkanes of at least 4 members (excludes halogenated alkanes) is 1. The summed E-state index contributed by atoms with van der Waals surface area (Å²) < 4.78 is 28.6. The van der Waals surface area contributed by atoms with Gasteiger partial charge < -0.3 is 10.5 Å². The number of hydrogen-bond donors (Lipinski definition) is 1. The van der Waals surface area contributed by atoms with E-state index in [1.807, 2.05) is 0 Å². The van der Waals surface area contributed by atoms with Crippen LogP contribution in [0.3, 0.4) is 0 Å². The molecule has 0 spiro atoms. The van der Waals surface area contributed by atoms with Gasteiger partial charge in [-0.15, -0.1) is 0 Å². The van der Waals surface area contributed by atoms with Crippen LogP contribution in [0.4, 0.5) is 0 Å². The molecule has 0 aliphatic heterocycles. The molecule has 19 heavy (non-hydrogen) atoms. The van der Waals surface area contributed by atoms with E-state index in [9.17, 15) is 13.2 Å². The Morgan fingerprint density at radius 2 is 1.84 bits per heavy atom. The maximum atomic E-state index is 11.7. The number of ether oxygens (including phenoxy) is 1. The standard InChI is InChI=1S/C13H25NO4S/c1-11-4-6-12(7-5-11)18-13(15)10-19(16,17)9-3-2-8-14/h11-12H,2-10,14H2,1H3. The van der Waals surface area contributed by atoms with Gasteiger partial charge >= 0.3 is 5.97 Å². The largest absolute Gasteiger partial charge is 0.462 e. The van der Waals surface area contributed by atoms with Crippen LogP contribution < -0.4 is 5.73 Å². The van der Waals surface area contributed by atoms with Crippen molar-refractivity contribution in [1.29, 1.82) is 0 Å². The molecule has 0 unspecified atom stereocenters. The summed E-state index contributed by atoms with van der Waals surface area (Å²) in [5.74, 6) is -0.410. The lowest BCUT2D eigenvalue weighted by atomic mass is 9.89. The second kappa shape index (κ2) is 7.85. The molecule has 0 aromatic carbocycles. The first-order chi connectivity index (χ1) is 8.93. The molecule has 1 fully saturated rings. The summed E-state index contributed by atoms with van der Waals surface area (Å²) >= 11 is 0. The molecule has 1 saturated carbocycles. The van der Waals surface area contributed by atoms with E-state index in [0.717, 1.165) is 25.7 Å². The molecule has 1 aliphatic carbocycles. The van der Waals surface area contributed by atoms with E-state index in [4.69, 9.17) is 10.5 Å². The first-order valence-corrected chi connectivity index (χ1v) is 8.85. The van der Waals surface area contributed by atoms with E-state index in [1.165, 1.54) is 0 Å². The van der Waals surface area contributed by atoms with Gasteiger partial charge in [-0.1, -0.05) is 6.92 Å². The molecule has 0 atom stereocenters. The predicted octanol–water partition coefficient (Wildman–Crippen LogP) is 1.26. The van der Waals surface area contributed by atoms with E-state index in [1.54, 1.807) is 0 Å². The summed E-state index contributed by atoms with van der Waals surface area (Å²) in [6.07, 6.45) is 4.85. The molecule has 0 saturated heterocycles. The molecule has 0 amide bonds. The van der Waals surface area contributed by atoms with Crippen molar-refractivity contribution in [2.24, 2.45) is 11.7 Å². The molecule has 5 nitrogen and oxygen atoms in total. The van der Waals surface area contributed by atoms with E-state index in [-0.39, 0.29) is 11.9 Å². The van der Waals surface area contributed by atoms with Crippen LogP contribution in [-0.2, 0) is 19.4 Å². The fourth-order valence-corrected chi connectivity index (χ4v) is 3.50. The van der Waals surface area contributed by atoms with Crippen LogP contribution in [0.2, 0.25) is 0 Å². The molecule has 0 radical (unpaired) electrons. The number of esters is 1. The SMILES string of the molecule is CC1CCC(OC(=O)CS(=O)(=O)CCCCN)CC1. The van der Waals surface area contributed by atoms with Crippen LogP contribution in [0.25, 0.3) is 0 Å². The van der Waals surface area contributed by atoms with Gasteiger partial charge in [-0.25, -0.2) is 8.42 Å². The van der Waals surface area contributed by atoms with Crippen molar-refractivity contribution in [3.63, 3.8) is 0 Å². The molecule has 1 rings (SSSR count). The summed E-state index contributed by atoms with van der Waals surface area (Å²) in [4.78, 5) is 11.6. The molecular formula is C13H25NO4S. The first kappa shape index (κ1) is 16.4. The van der Waals surface area contributed by atoms with Crippen LogP contribution in [0, 0.1) is 5.92 Å². The predicted molar refractivity (Wildman–Crippen MR) is 74.5 cm³/mol. The third-order valence-electron chi connectivity index (χ3n) is 3.51. The zero-order valence-corrected chi connectivity index (χ0v) is 12.5. The fourth-order valence-electron chi connectivity index (χ4n) is 2.29. The molecular weight excluding hydrogens is 266 g/mol. The zero-order valence-electron chi connectivity index (χ0n) is 11.6. The van der Waals surface area contributed by atoms with E-state index in [0.29, 0.717) is 25.3 Å². The molecule has 112 valence electrons. The highest BCUT2D eigenvalue weighted by atomic mass is 32.2. The number of nitrogens with two attached hydrogens (primary N) is 1. The highest BCUT2D eigenvalue weighted by molar-refractivity contribution is 7.92. The van der Waals surface area contributed by atoms with Gasteiger partial charge in [0.25, 0.3) is 0 Å². The van der Waals surface area contributed by atoms with Crippen molar-refractivity contribution >= 4 is 15.8 Å². The maximum Gasteiger partial charge on any atom is 0.321 e. The minimum Gasteiger partial charge on any atom is -0.462 e. The van der Waals surface area contributed by atoms with Gasteiger partial charge in [-0.05, 0) is 51.0 Å². The van der Waals surface area contributed by atoms with Crippen LogP contribution in [0.5, 0.6) is 0 Å². The Kier molecular flexibility index (Phi) is 6.79. The Morgan fingerprint density at radius 3 is 2.42 bits per heavy atom. The smallest absolute Gasteiger partial charge is 0.321 e. The fraction of sp³-hybridized carbons (Fsp3) is 0.923. The second-order valence-corrected chi connectivity index (χ2v) is 7.64. The number of rotatable bonds is 7. The van der Waals surface area contributed by atoms with Crippen molar-refractivity contribution < 1.29 is 17.9 Å². The summed E-state index contributed by atoms with van der Waals surface area (Å²) in [6.45, 7) is 2.65. The molecule has 0 aromatic rings. The highest BCUT2D eigenvalue weighted by Crippen LogP contribution is 2.25. The average Bonchev–Trinajstić information content (AvgIpc) is 2.31. The Balaban J connectivity index is 2.30. The highest BCUT2D eigenvalue weighted by Gasteiger charge is 2.24.